The summed E-state index contributed by atoms with van der Waals surface area (Å²) < 4.78 is 13.0. The van der Waals surface area contributed by atoms with E-state index in [9.17, 15) is 14.0 Å². The van der Waals surface area contributed by atoms with Gasteiger partial charge < -0.3 is 10.2 Å². The van der Waals surface area contributed by atoms with Gasteiger partial charge in [-0.25, -0.2) is 4.39 Å². The van der Waals surface area contributed by atoms with Crippen LogP contribution in [0.2, 0.25) is 0 Å². The number of amides is 2. The zero-order valence-electron chi connectivity index (χ0n) is 13.5. The number of anilines is 1. The SMILES string of the molecule is CCCNC(=O)c1cccc2c1CCN2C(=O)c1ccc(F)cc1. The van der Waals surface area contributed by atoms with E-state index in [1.165, 1.54) is 24.3 Å². The Bertz CT molecular complexity index is 771. The summed E-state index contributed by atoms with van der Waals surface area (Å²) in [5.74, 6) is -0.659. The molecule has 0 bridgehead atoms. The van der Waals surface area contributed by atoms with Crippen LogP contribution in [0.4, 0.5) is 10.1 Å². The standard InChI is InChI=1S/C19H19FN2O2/c1-2-11-21-18(23)16-4-3-5-17-15(16)10-12-22(17)19(24)13-6-8-14(20)9-7-13/h3-9H,2,10-12H2,1H3,(H,21,23). The summed E-state index contributed by atoms with van der Waals surface area (Å²) in [6.45, 7) is 3.14. The predicted molar refractivity (Wildman–Crippen MR) is 90.8 cm³/mol. The number of carbonyl (C=O) groups excluding carboxylic acids is 2. The van der Waals surface area contributed by atoms with Crippen molar-refractivity contribution in [3.05, 3.63) is 65.0 Å². The first-order valence-electron chi connectivity index (χ1n) is 8.09. The van der Waals surface area contributed by atoms with Crippen molar-refractivity contribution in [2.75, 3.05) is 18.0 Å². The zero-order chi connectivity index (χ0) is 17.1. The van der Waals surface area contributed by atoms with Crippen molar-refractivity contribution in [3.63, 3.8) is 0 Å². The molecule has 4 nitrogen and oxygen atoms in total. The summed E-state index contributed by atoms with van der Waals surface area (Å²) in [7, 11) is 0. The molecule has 0 radical (unpaired) electrons. The molecule has 0 unspecified atom stereocenters. The van der Waals surface area contributed by atoms with Crippen LogP contribution in [0.3, 0.4) is 0 Å². The fraction of sp³-hybridized carbons (Fsp3) is 0.263. The first kappa shape index (κ1) is 16.2. The highest BCUT2D eigenvalue weighted by molar-refractivity contribution is 6.08. The van der Waals surface area contributed by atoms with Crippen molar-refractivity contribution in [2.24, 2.45) is 0 Å². The van der Waals surface area contributed by atoms with Gasteiger partial charge in [0.05, 0.1) is 0 Å². The Hall–Kier alpha value is -2.69. The number of hydrogen-bond donors (Lipinski definition) is 1. The number of nitrogens with one attached hydrogen (secondary N) is 1. The third kappa shape index (κ3) is 3.02. The smallest absolute Gasteiger partial charge is 0.258 e. The Morgan fingerprint density at radius 2 is 1.92 bits per heavy atom. The van der Waals surface area contributed by atoms with E-state index in [2.05, 4.69) is 5.32 Å². The van der Waals surface area contributed by atoms with Crippen LogP contribution in [0.25, 0.3) is 0 Å². The molecule has 2 amide bonds. The van der Waals surface area contributed by atoms with Gasteiger partial charge in [-0.1, -0.05) is 13.0 Å². The van der Waals surface area contributed by atoms with E-state index in [4.69, 9.17) is 0 Å². The molecule has 2 aromatic rings. The number of halogens is 1. The zero-order valence-corrected chi connectivity index (χ0v) is 13.5. The second-order valence-electron chi connectivity index (χ2n) is 5.77. The van der Waals surface area contributed by atoms with Gasteiger partial charge in [0.25, 0.3) is 11.8 Å². The van der Waals surface area contributed by atoms with Gasteiger partial charge in [-0.2, -0.15) is 0 Å². The van der Waals surface area contributed by atoms with Crippen molar-refractivity contribution < 1.29 is 14.0 Å². The lowest BCUT2D eigenvalue weighted by Gasteiger charge is -2.18. The van der Waals surface area contributed by atoms with Crippen molar-refractivity contribution in [1.82, 2.24) is 5.32 Å². The maximum Gasteiger partial charge on any atom is 0.258 e. The van der Waals surface area contributed by atoms with Crippen LogP contribution in [0.15, 0.2) is 42.5 Å². The van der Waals surface area contributed by atoms with Crippen LogP contribution < -0.4 is 10.2 Å². The van der Waals surface area contributed by atoms with Crippen molar-refractivity contribution >= 4 is 17.5 Å². The molecule has 1 heterocycles. The molecule has 1 aliphatic heterocycles. The Morgan fingerprint density at radius 3 is 2.62 bits per heavy atom. The maximum atomic E-state index is 13.0. The van der Waals surface area contributed by atoms with E-state index < -0.39 is 0 Å². The first-order valence-corrected chi connectivity index (χ1v) is 8.09. The maximum absolute atomic E-state index is 13.0. The topological polar surface area (TPSA) is 49.4 Å². The minimum Gasteiger partial charge on any atom is -0.352 e. The minimum absolute atomic E-state index is 0.107. The van der Waals surface area contributed by atoms with Crippen molar-refractivity contribution in [2.45, 2.75) is 19.8 Å². The second-order valence-corrected chi connectivity index (χ2v) is 5.77. The molecule has 0 spiro atoms. The quantitative estimate of drug-likeness (QED) is 0.938. The van der Waals surface area contributed by atoms with Gasteiger partial charge in [-0.3, -0.25) is 9.59 Å². The second kappa shape index (κ2) is 6.83. The van der Waals surface area contributed by atoms with Gasteiger partial charge in [0.15, 0.2) is 0 Å². The third-order valence-corrected chi connectivity index (χ3v) is 4.14. The fourth-order valence-corrected chi connectivity index (χ4v) is 2.94. The minimum atomic E-state index is -0.372. The number of hydrogen-bond acceptors (Lipinski definition) is 2. The summed E-state index contributed by atoms with van der Waals surface area (Å²) in [6.07, 6.45) is 1.51. The fourth-order valence-electron chi connectivity index (χ4n) is 2.94. The van der Waals surface area contributed by atoms with Gasteiger partial charge in [-0.15, -0.1) is 0 Å². The molecule has 124 valence electrons. The number of nitrogens with zero attached hydrogens (tertiary/aromatic N) is 1. The molecule has 24 heavy (non-hydrogen) atoms. The summed E-state index contributed by atoms with van der Waals surface area (Å²) in [6, 6.07) is 10.9. The summed E-state index contributed by atoms with van der Waals surface area (Å²) in [5, 5.41) is 2.88. The van der Waals surface area contributed by atoms with Crippen LogP contribution in [-0.4, -0.2) is 24.9 Å². The normalized spacial score (nSPS) is 12.8. The molecule has 5 heteroatoms. The Morgan fingerprint density at radius 1 is 1.17 bits per heavy atom. The molecule has 0 aromatic heterocycles. The molecular formula is C19H19FN2O2. The molecule has 1 N–H and O–H groups in total. The van der Waals surface area contributed by atoms with Crippen molar-refractivity contribution in [1.29, 1.82) is 0 Å². The van der Waals surface area contributed by atoms with E-state index >= 15 is 0 Å². The van der Waals surface area contributed by atoms with Gasteiger partial charge >= 0.3 is 0 Å². The lowest BCUT2D eigenvalue weighted by Crippen LogP contribution is -2.29. The number of carbonyl (C=O) groups is 2. The van der Waals surface area contributed by atoms with E-state index in [1.807, 2.05) is 13.0 Å². The van der Waals surface area contributed by atoms with Gasteiger partial charge in [0, 0.05) is 29.9 Å². The molecule has 0 fully saturated rings. The van der Waals surface area contributed by atoms with Crippen LogP contribution in [-0.2, 0) is 6.42 Å². The molecule has 0 aliphatic carbocycles. The number of benzene rings is 2. The Kier molecular flexibility index (Phi) is 4.60. The first-order chi connectivity index (χ1) is 11.6. The molecule has 0 saturated carbocycles. The van der Waals surface area contributed by atoms with Gasteiger partial charge in [-0.05, 0) is 54.8 Å². The van der Waals surface area contributed by atoms with Crippen LogP contribution in [0.1, 0.15) is 39.6 Å². The van der Waals surface area contributed by atoms with Crippen LogP contribution in [0, 0.1) is 5.82 Å². The van der Waals surface area contributed by atoms with Crippen LogP contribution in [0.5, 0.6) is 0 Å². The average molecular weight is 326 g/mol. The van der Waals surface area contributed by atoms with Gasteiger partial charge in [0.1, 0.15) is 5.82 Å². The summed E-state index contributed by atoms with van der Waals surface area (Å²) >= 11 is 0. The van der Waals surface area contributed by atoms with Gasteiger partial charge in [0.2, 0.25) is 0 Å². The Labute approximate surface area is 140 Å². The third-order valence-electron chi connectivity index (χ3n) is 4.14. The molecular weight excluding hydrogens is 307 g/mol. The molecule has 0 saturated heterocycles. The largest absolute Gasteiger partial charge is 0.352 e. The predicted octanol–water partition coefficient (Wildman–Crippen LogP) is 3.17. The summed E-state index contributed by atoms with van der Waals surface area (Å²) in [5.41, 5.74) is 2.70. The summed E-state index contributed by atoms with van der Waals surface area (Å²) in [4.78, 5) is 26.6. The highest BCUT2D eigenvalue weighted by atomic mass is 19.1. The van der Waals surface area contributed by atoms with Crippen LogP contribution >= 0.6 is 0 Å². The lowest BCUT2D eigenvalue weighted by molar-refractivity contribution is 0.0951. The van der Waals surface area contributed by atoms with E-state index in [-0.39, 0.29) is 17.6 Å². The number of rotatable bonds is 4. The monoisotopic (exact) mass is 326 g/mol. The van der Waals surface area contributed by atoms with E-state index in [0.717, 1.165) is 17.7 Å². The average Bonchev–Trinajstić information content (AvgIpc) is 3.03. The van der Waals surface area contributed by atoms with E-state index in [0.29, 0.717) is 30.6 Å². The Balaban J connectivity index is 1.88. The van der Waals surface area contributed by atoms with Crippen molar-refractivity contribution in [3.8, 4) is 0 Å². The lowest BCUT2D eigenvalue weighted by atomic mass is 10.0. The highest BCUT2D eigenvalue weighted by Gasteiger charge is 2.28. The highest BCUT2D eigenvalue weighted by Crippen LogP contribution is 2.32. The molecule has 1 aliphatic rings. The molecule has 2 aromatic carbocycles. The number of fused-ring (bicyclic) bond motifs is 1. The van der Waals surface area contributed by atoms with E-state index in [1.54, 1.807) is 17.0 Å². The molecule has 0 atom stereocenters. The molecule has 3 rings (SSSR count).